The molecule has 0 bridgehead atoms. The van der Waals surface area contributed by atoms with Crippen molar-refractivity contribution in [2.45, 2.75) is 12.8 Å². The van der Waals surface area contributed by atoms with Gasteiger partial charge in [-0.05, 0) is 23.6 Å². The molecule has 21 heavy (non-hydrogen) atoms. The number of amides is 1. The summed E-state index contributed by atoms with van der Waals surface area (Å²) in [6.07, 6.45) is 1.33. The average molecular weight is 296 g/mol. The van der Waals surface area contributed by atoms with E-state index in [2.05, 4.69) is 6.07 Å². The van der Waals surface area contributed by atoms with Crippen LogP contribution in [-0.4, -0.2) is 17.4 Å². The summed E-state index contributed by atoms with van der Waals surface area (Å²) in [6, 6.07) is 15.6. The van der Waals surface area contributed by atoms with Crippen LogP contribution in [0.5, 0.6) is 0 Å². The number of fused-ring (bicyclic) bond motifs is 1. The van der Waals surface area contributed by atoms with Crippen LogP contribution in [0.4, 0.5) is 5.69 Å². The molecular weight excluding hydrogens is 280 g/mol. The van der Waals surface area contributed by atoms with Crippen LogP contribution in [0.2, 0.25) is 0 Å². The van der Waals surface area contributed by atoms with Gasteiger partial charge in [0.1, 0.15) is 4.99 Å². The van der Waals surface area contributed by atoms with Crippen LogP contribution < -0.4 is 10.6 Å². The number of anilines is 1. The van der Waals surface area contributed by atoms with Gasteiger partial charge in [-0.2, -0.15) is 0 Å². The number of rotatable bonds is 3. The van der Waals surface area contributed by atoms with E-state index in [9.17, 15) is 4.79 Å². The Morgan fingerprint density at radius 2 is 1.86 bits per heavy atom. The molecule has 1 aliphatic heterocycles. The number of carbonyl (C=O) groups is 1. The van der Waals surface area contributed by atoms with Gasteiger partial charge < -0.3 is 10.6 Å². The number of hydrogen-bond donors (Lipinski definition) is 1. The first kappa shape index (κ1) is 13.8. The van der Waals surface area contributed by atoms with Gasteiger partial charge in [-0.3, -0.25) is 4.79 Å². The van der Waals surface area contributed by atoms with Crippen LogP contribution in [-0.2, 0) is 17.6 Å². The Balaban J connectivity index is 1.74. The fourth-order valence-electron chi connectivity index (χ4n) is 2.65. The third-order valence-corrected chi connectivity index (χ3v) is 4.02. The van der Waals surface area contributed by atoms with Crippen molar-refractivity contribution in [3.63, 3.8) is 0 Å². The molecule has 0 fully saturated rings. The van der Waals surface area contributed by atoms with Crippen molar-refractivity contribution in [3.8, 4) is 0 Å². The summed E-state index contributed by atoms with van der Waals surface area (Å²) in [5.41, 5.74) is 9.67. The maximum atomic E-state index is 12.5. The standard InChI is InChI=1S/C17H16N2OS/c18-17(21)14-7-5-12(6-8-14)11-16(20)19-10-9-13-3-1-2-4-15(13)19/h1-8H,9-11H2,(H2,18,21). The molecule has 1 heterocycles. The fraction of sp³-hybridized carbons (Fsp3) is 0.176. The third kappa shape index (κ3) is 2.81. The molecule has 106 valence electrons. The predicted octanol–water partition coefficient (Wildman–Crippen LogP) is 2.45. The average Bonchev–Trinajstić information content (AvgIpc) is 2.92. The maximum Gasteiger partial charge on any atom is 0.231 e. The van der Waals surface area contributed by atoms with Crippen molar-refractivity contribution in [3.05, 3.63) is 65.2 Å². The lowest BCUT2D eigenvalue weighted by Crippen LogP contribution is -2.30. The Bertz CT molecular complexity index is 694. The van der Waals surface area contributed by atoms with Crippen molar-refractivity contribution in [1.82, 2.24) is 0 Å². The van der Waals surface area contributed by atoms with E-state index in [1.165, 1.54) is 5.56 Å². The molecule has 0 radical (unpaired) electrons. The van der Waals surface area contributed by atoms with Gasteiger partial charge in [0.25, 0.3) is 0 Å². The molecule has 1 aliphatic rings. The number of nitrogens with two attached hydrogens (primary N) is 1. The molecule has 0 aliphatic carbocycles. The van der Waals surface area contributed by atoms with Gasteiger partial charge in [-0.25, -0.2) is 0 Å². The molecule has 3 nitrogen and oxygen atoms in total. The summed E-state index contributed by atoms with van der Waals surface area (Å²) in [5.74, 6) is 0.128. The summed E-state index contributed by atoms with van der Waals surface area (Å²) < 4.78 is 0. The largest absolute Gasteiger partial charge is 0.389 e. The number of nitrogens with zero attached hydrogens (tertiary/aromatic N) is 1. The first-order valence-electron chi connectivity index (χ1n) is 6.92. The van der Waals surface area contributed by atoms with Gasteiger partial charge >= 0.3 is 0 Å². The van der Waals surface area contributed by atoms with Crippen LogP contribution >= 0.6 is 12.2 Å². The molecule has 0 saturated carbocycles. The van der Waals surface area contributed by atoms with E-state index in [1.54, 1.807) is 0 Å². The van der Waals surface area contributed by atoms with E-state index >= 15 is 0 Å². The van der Waals surface area contributed by atoms with Crippen molar-refractivity contribution in [2.75, 3.05) is 11.4 Å². The topological polar surface area (TPSA) is 46.3 Å². The van der Waals surface area contributed by atoms with Crippen molar-refractivity contribution in [2.24, 2.45) is 5.73 Å². The Morgan fingerprint density at radius 1 is 1.14 bits per heavy atom. The minimum Gasteiger partial charge on any atom is -0.389 e. The smallest absolute Gasteiger partial charge is 0.231 e. The molecule has 1 amide bonds. The van der Waals surface area contributed by atoms with E-state index in [4.69, 9.17) is 18.0 Å². The molecule has 4 heteroatoms. The van der Waals surface area contributed by atoms with Crippen LogP contribution in [0.15, 0.2) is 48.5 Å². The second kappa shape index (κ2) is 5.66. The Morgan fingerprint density at radius 3 is 2.57 bits per heavy atom. The quantitative estimate of drug-likeness (QED) is 0.885. The molecule has 0 saturated heterocycles. The van der Waals surface area contributed by atoms with Gasteiger partial charge in [-0.15, -0.1) is 0 Å². The second-order valence-corrected chi connectivity index (χ2v) is 5.60. The minimum atomic E-state index is 0.128. The molecule has 2 aromatic rings. The van der Waals surface area contributed by atoms with E-state index < -0.39 is 0 Å². The normalized spacial score (nSPS) is 13.0. The maximum absolute atomic E-state index is 12.5. The third-order valence-electron chi connectivity index (χ3n) is 3.78. The van der Waals surface area contributed by atoms with Gasteiger partial charge in [-0.1, -0.05) is 54.7 Å². The van der Waals surface area contributed by atoms with E-state index in [-0.39, 0.29) is 5.91 Å². The lowest BCUT2D eigenvalue weighted by atomic mass is 10.1. The fourth-order valence-corrected chi connectivity index (χ4v) is 2.79. The Kier molecular flexibility index (Phi) is 3.71. The van der Waals surface area contributed by atoms with Crippen molar-refractivity contribution >= 4 is 28.8 Å². The van der Waals surface area contributed by atoms with E-state index in [0.29, 0.717) is 11.4 Å². The number of para-hydroxylation sites is 1. The number of hydrogen-bond acceptors (Lipinski definition) is 2. The summed E-state index contributed by atoms with van der Waals surface area (Å²) in [7, 11) is 0. The van der Waals surface area contributed by atoms with Gasteiger partial charge in [0, 0.05) is 17.8 Å². The zero-order chi connectivity index (χ0) is 14.8. The first-order valence-corrected chi connectivity index (χ1v) is 7.33. The Hall–Kier alpha value is -2.20. The number of carbonyl (C=O) groups excluding carboxylic acids is 1. The molecule has 3 rings (SSSR count). The predicted molar refractivity (Wildman–Crippen MR) is 88.5 cm³/mol. The molecular formula is C17H16N2OS. The highest BCUT2D eigenvalue weighted by molar-refractivity contribution is 7.80. The lowest BCUT2D eigenvalue weighted by molar-refractivity contribution is -0.117. The highest BCUT2D eigenvalue weighted by Crippen LogP contribution is 2.27. The molecule has 2 aromatic carbocycles. The molecule has 0 atom stereocenters. The SMILES string of the molecule is NC(=S)c1ccc(CC(=O)N2CCc3ccccc32)cc1. The zero-order valence-corrected chi connectivity index (χ0v) is 12.4. The van der Waals surface area contributed by atoms with E-state index in [0.717, 1.165) is 29.8 Å². The minimum absolute atomic E-state index is 0.128. The van der Waals surface area contributed by atoms with Crippen molar-refractivity contribution in [1.29, 1.82) is 0 Å². The van der Waals surface area contributed by atoms with Gasteiger partial charge in [0.15, 0.2) is 0 Å². The molecule has 0 spiro atoms. The number of benzene rings is 2. The monoisotopic (exact) mass is 296 g/mol. The zero-order valence-electron chi connectivity index (χ0n) is 11.6. The van der Waals surface area contributed by atoms with Crippen LogP contribution in [0.1, 0.15) is 16.7 Å². The van der Waals surface area contributed by atoms with Crippen molar-refractivity contribution < 1.29 is 4.79 Å². The number of thiocarbonyl (C=S) groups is 1. The first-order chi connectivity index (χ1) is 10.1. The van der Waals surface area contributed by atoms with Gasteiger partial charge in [0.05, 0.1) is 6.42 Å². The van der Waals surface area contributed by atoms with E-state index in [1.807, 2.05) is 47.4 Å². The molecule has 2 N–H and O–H groups in total. The van der Waals surface area contributed by atoms with Crippen LogP contribution in [0.25, 0.3) is 0 Å². The lowest BCUT2D eigenvalue weighted by Gasteiger charge is -2.17. The van der Waals surface area contributed by atoms with Crippen LogP contribution in [0, 0.1) is 0 Å². The summed E-state index contributed by atoms with van der Waals surface area (Å²) in [6.45, 7) is 0.767. The van der Waals surface area contributed by atoms with Crippen LogP contribution in [0.3, 0.4) is 0 Å². The summed E-state index contributed by atoms with van der Waals surface area (Å²) >= 11 is 4.93. The summed E-state index contributed by atoms with van der Waals surface area (Å²) in [5, 5.41) is 0. The summed E-state index contributed by atoms with van der Waals surface area (Å²) in [4.78, 5) is 14.7. The molecule has 0 aromatic heterocycles. The molecule has 0 unspecified atom stereocenters. The second-order valence-electron chi connectivity index (χ2n) is 5.16. The highest BCUT2D eigenvalue weighted by atomic mass is 32.1. The Labute approximate surface area is 129 Å². The van der Waals surface area contributed by atoms with Gasteiger partial charge in [0.2, 0.25) is 5.91 Å². The highest BCUT2D eigenvalue weighted by Gasteiger charge is 2.23.